The van der Waals surface area contributed by atoms with Crippen molar-refractivity contribution < 1.29 is 18.7 Å². The van der Waals surface area contributed by atoms with Crippen LogP contribution in [0.1, 0.15) is 59.5 Å². The predicted molar refractivity (Wildman–Crippen MR) is 126 cm³/mol. The first-order chi connectivity index (χ1) is 16.3. The second kappa shape index (κ2) is 9.03. The molecule has 3 aromatic rings. The van der Waals surface area contributed by atoms with Crippen molar-refractivity contribution in [2.45, 2.75) is 45.1 Å². The molecule has 10 heteroatoms. The minimum Gasteiger partial charge on any atom is -0.489 e. The van der Waals surface area contributed by atoms with Crippen molar-refractivity contribution in [1.29, 1.82) is 0 Å². The summed E-state index contributed by atoms with van der Waals surface area (Å²) in [6.07, 6.45) is 5.62. The lowest BCUT2D eigenvalue weighted by atomic mass is 9.87. The number of nitrogens with one attached hydrogen (secondary N) is 1. The lowest BCUT2D eigenvalue weighted by molar-refractivity contribution is 0.0535. The van der Waals surface area contributed by atoms with Gasteiger partial charge in [-0.05, 0) is 45.1 Å². The number of aromatic nitrogens is 3. The maximum Gasteiger partial charge on any atom is 0.258 e. The quantitative estimate of drug-likeness (QED) is 0.579. The number of rotatable bonds is 4. The third-order valence-electron chi connectivity index (χ3n) is 6.59. The summed E-state index contributed by atoms with van der Waals surface area (Å²) in [5.74, 6) is -0.121. The van der Waals surface area contributed by atoms with Crippen molar-refractivity contribution in [2.24, 2.45) is 5.92 Å². The van der Waals surface area contributed by atoms with Gasteiger partial charge in [-0.3, -0.25) is 9.20 Å². The summed E-state index contributed by atoms with van der Waals surface area (Å²) in [7, 11) is 0. The van der Waals surface area contributed by atoms with Crippen molar-refractivity contribution in [3.63, 3.8) is 0 Å². The van der Waals surface area contributed by atoms with Gasteiger partial charge in [0.25, 0.3) is 5.91 Å². The van der Waals surface area contributed by atoms with E-state index in [0.717, 1.165) is 30.7 Å². The molecule has 4 heterocycles. The summed E-state index contributed by atoms with van der Waals surface area (Å²) in [5, 5.41) is 2.72. The number of halogens is 2. The second-order valence-electron chi connectivity index (χ2n) is 9.06. The first-order valence-electron chi connectivity index (χ1n) is 11.5. The molecule has 2 aromatic heterocycles. The van der Waals surface area contributed by atoms with Crippen LogP contribution in [0.2, 0.25) is 5.02 Å². The van der Waals surface area contributed by atoms with Gasteiger partial charge in [-0.25, -0.2) is 14.4 Å². The van der Waals surface area contributed by atoms with Crippen LogP contribution in [0.25, 0.3) is 5.52 Å². The Hall–Kier alpha value is -2.91. The number of nitrogens with zero attached hydrogens (tertiary/aromatic N) is 3. The second-order valence-corrected chi connectivity index (χ2v) is 9.47. The van der Waals surface area contributed by atoms with Crippen LogP contribution in [0.3, 0.4) is 0 Å². The van der Waals surface area contributed by atoms with Gasteiger partial charge >= 0.3 is 0 Å². The third kappa shape index (κ3) is 3.96. The molecule has 1 aromatic carbocycles. The molecule has 0 saturated carbocycles. The Morgan fingerprint density at radius 1 is 1.44 bits per heavy atom. The van der Waals surface area contributed by atoms with E-state index < -0.39 is 11.7 Å². The Balaban J connectivity index is 1.56. The van der Waals surface area contributed by atoms with Crippen molar-refractivity contribution in [2.75, 3.05) is 25.5 Å². The lowest BCUT2D eigenvalue weighted by Crippen LogP contribution is -2.35. The van der Waals surface area contributed by atoms with Gasteiger partial charge in [0.15, 0.2) is 5.82 Å². The summed E-state index contributed by atoms with van der Waals surface area (Å²) in [6.45, 7) is 5.47. The van der Waals surface area contributed by atoms with Crippen LogP contribution in [0.5, 0.6) is 5.75 Å². The fourth-order valence-electron chi connectivity index (χ4n) is 4.98. The molecule has 2 unspecified atom stereocenters. The van der Waals surface area contributed by atoms with Gasteiger partial charge in [0.2, 0.25) is 0 Å². The first kappa shape index (κ1) is 22.9. The molecular formula is C24H27ClFN5O3. The predicted octanol–water partition coefficient (Wildman–Crippen LogP) is 3.87. The van der Waals surface area contributed by atoms with E-state index in [1.807, 2.05) is 18.2 Å². The average Bonchev–Trinajstić information content (AvgIpc) is 3.16. The zero-order chi connectivity index (χ0) is 24.0. The summed E-state index contributed by atoms with van der Waals surface area (Å²) < 4.78 is 28.7. The molecule has 34 heavy (non-hydrogen) atoms. The molecule has 0 bridgehead atoms. The van der Waals surface area contributed by atoms with Crippen LogP contribution < -0.4 is 15.8 Å². The van der Waals surface area contributed by atoms with Gasteiger partial charge in [-0.2, -0.15) is 0 Å². The molecule has 5 rings (SSSR count). The average molecular weight is 488 g/mol. The number of fused-ring (bicyclic) bond motifs is 2. The number of ether oxygens (including phenoxy) is 2. The fraction of sp³-hybridized carbons (Fsp3) is 0.458. The van der Waals surface area contributed by atoms with Crippen LogP contribution in [-0.4, -0.2) is 46.1 Å². The van der Waals surface area contributed by atoms with E-state index >= 15 is 4.39 Å². The van der Waals surface area contributed by atoms with Crippen molar-refractivity contribution in [3.8, 4) is 5.75 Å². The van der Waals surface area contributed by atoms with Gasteiger partial charge in [0.05, 0.1) is 23.4 Å². The van der Waals surface area contributed by atoms with Gasteiger partial charge in [-0.1, -0.05) is 11.6 Å². The fourth-order valence-corrected chi connectivity index (χ4v) is 5.19. The molecule has 1 amide bonds. The standard InChI is InChI=1S/C24H27ClFN5O3/c1-12-8-16(23-30-13(2)20-22(27)28-5-6-31(20)23)15-9-17(25)19(26)18(21(15)34-12)24(32)29-10-14-4-3-7-33-11-14/h5-6,9,12,14,16H,3-4,7-8,10-11H2,1-2H3,(H2,27,28)(H,29,32)/t12?,14?,16-/m0/s1. The Bertz CT molecular complexity index is 1260. The van der Waals surface area contributed by atoms with Crippen molar-refractivity contribution >= 4 is 28.8 Å². The highest BCUT2D eigenvalue weighted by Gasteiger charge is 2.36. The van der Waals surface area contributed by atoms with Crippen LogP contribution >= 0.6 is 11.6 Å². The minimum absolute atomic E-state index is 0.133. The number of nitrogens with two attached hydrogens (primary N) is 1. The molecule has 2 aliphatic heterocycles. The van der Waals surface area contributed by atoms with E-state index in [0.29, 0.717) is 36.8 Å². The van der Waals surface area contributed by atoms with Gasteiger partial charge in [0, 0.05) is 37.0 Å². The topological polar surface area (TPSA) is 104 Å². The third-order valence-corrected chi connectivity index (χ3v) is 6.87. The summed E-state index contributed by atoms with van der Waals surface area (Å²) in [5.41, 5.74) is 8.01. The number of imidazole rings is 1. The van der Waals surface area contributed by atoms with Crippen LogP contribution in [0, 0.1) is 18.7 Å². The number of aryl methyl sites for hydroxylation is 1. The van der Waals surface area contributed by atoms with E-state index in [1.54, 1.807) is 12.4 Å². The molecule has 3 N–H and O–H groups in total. The Labute approximate surface area is 201 Å². The molecule has 3 atom stereocenters. The van der Waals surface area contributed by atoms with Gasteiger partial charge in [-0.15, -0.1) is 0 Å². The Morgan fingerprint density at radius 3 is 3.03 bits per heavy atom. The van der Waals surface area contributed by atoms with E-state index in [4.69, 9.17) is 31.8 Å². The zero-order valence-corrected chi connectivity index (χ0v) is 19.9. The first-order valence-corrected chi connectivity index (χ1v) is 11.9. The van der Waals surface area contributed by atoms with Crippen LogP contribution in [0.15, 0.2) is 18.5 Å². The van der Waals surface area contributed by atoms with Crippen LogP contribution in [0.4, 0.5) is 10.2 Å². The highest BCUT2D eigenvalue weighted by molar-refractivity contribution is 6.31. The highest BCUT2D eigenvalue weighted by atomic mass is 35.5. The number of carbonyl (C=O) groups excluding carboxylic acids is 1. The van der Waals surface area contributed by atoms with Gasteiger partial charge < -0.3 is 20.5 Å². The molecule has 180 valence electrons. The smallest absolute Gasteiger partial charge is 0.258 e. The zero-order valence-electron chi connectivity index (χ0n) is 19.1. The Kier molecular flexibility index (Phi) is 6.07. The van der Waals surface area contributed by atoms with E-state index in [-0.39, 0.29) is 34.3 Å². The molecule has 8 nitrogen and oxygen atoms in total. The number of hydrogen-bond donors (Lipinski definition) is 2. The van der Waals surface area contributed by atoms with Crippen molar-refractivity contribution in [3.05, 3.63) is 51.9 Å². The molecule has 0 aliphatic carbocycles. The van der Waals surface area contributed by atoms with E-state index in [2.05, 4.69) is 10.3 Å². The van der Waals surface area contributed by atoms with Gasteiger partial charge in [0.1, 0.15) is 28.5 Å². The summed E-state index contributed by atoms with van der Waals surface area (Å²) in [4.78, 5) is 22.1. The minimum atomic E-state index is -0.789. The number of anilines is 1. The molecule has 1 fully saturated rings. The molecule has 2 aliphatic rings. The van der Waals surface area contributed by atoms with E-state index in [9.17, 15) is 4.79 Å². The Morgan fingerprint density at radius 2 is 2.26 bits per heavy atom. The summed E-state index contributed by atoms with van der Waals surface area (Å²) in [6, 6.07) is 1.54. The largest absolute Gasteiger partial charge is 0.489 e. The number of hydrogen-bond acceptors (Lipinski definition) is 6. The molecular weight excluding hydrogens is 461 g/mol. The highest BCUT2D eigenvalue weighted by Crippen LogP contribution is 2.45. The number of nitrogen functional groups attached to an aromatic ring is 1. The monoisotopic (exact) mass is 487 g/mol. The summed E-state index contributed by atoms with van der Waals surface area (Å²) >= 11 is 6.29. The molecule has 0 radical (unpaired) electrons. The number of benzene rings is 1. The maximum absolute atomic E-state index is 15.2. The van der Waals surface area contributed by atoms with E-state index in [1.165, 1.54) is 6.07 Å². The normalized spacial score (nSPS) is 22.3. The SMILES string of the molecule is Cc1nc([C@H]2CC(C)Oc3c2cc(Cl)c(F)c3C(=O)NCC2CCCOC2)n2ccnc(N)c12. The van der Waals surface area contributed by atoms with Crippen LogP contribution in [-0.2, 0) is 4.74 Å². The number of carbonyl (C=O) groups is 1. The number of amides is 1. The molecule has 0 spiro atoms. The lowest BCUT2D eigenvalue weighted by Gasteiger charge is -2.32. The van der Waals surface area contributed by atoms with Crippen molar-refractivity contribution in [1.82, 2.24) is 19.7 Å². The molecule has 1 saturated heterocycles. The maximum atomic E-state index is 15.2.